The summed E-state index contributed by atoms with van der Waals surface area (Å²) in [7, 11) is 4.37. The van der Waals surface area contributed by atoms with E-state index >= 15 is 0 Å². The van der Waals surface area contributed by atoms with Crippen molar-refractivity contribution >= 4 is 42.5 Å². The largest absolute Gasteiger partial charge is 0.311 e. The molecule has 2 aliphatic rings. The van der Waals surface area contributed by atoms with Crippen molar-refractivity contribution in [3.8, 4) is 0 Å². The highest BCUT2D eigenvalue weighted by Crippen LogP contribution is 2.34. The minimum absolute atomic E-state index is 0. The molecule has 7 heteroatoms. The molecule has 2 heterocycles. The summed E-state index contributed by atoms with van der Waals surface area (Å²) in [5.41, 5.74) is 5.20. The molecular formula is C32H46Cl2FN3O. The van der Waals surface area contributed by atoms with Gasteiger partial charge in [0.05, 0.1) is 0 Å². The van der Waals surface area contributed by atoms with E-state index in [0.29, 0.717) is 13.0 Å². The van der Waals surface area contributed by atoms with Crippen LogP contribution >= 0.6 is 24.8 Å². The third-order valence-electron chi connectivity index (χ3n) is 8.27. The second-order valence-corrected chi connectivity index (χ2v) is 11.5. The van der Waals surface area contributed by atoms with Crippen molar-refractivity contribution in [1.29, 1.82) is 0 Å². The third-order valence-corrected chi connectivity index (χ3v) is 8.27. The van der Waals surface area contributed by atoms with Crippen LogP contribution in [0.25, 0.3) is 6.08 Å². The molecule has 2 fully saturated rings. The Morgan fingerprint density at radius 2 is 1.69 bits per heavy atom. The lowest BCUT2D eigenvalue weighted by molar-refractivity contribution is -0.124. The van der Waals surface area contributed by atoms with Gasteiger partial charge in [-0.1, -0.05) is 37.3 Å². The number of nitrogens with zero attached hydrogens (tertiary/aromatic N) is 3. The van der Waals surface area contributed by atoms with Gasteiger partial charge in [0, 0.05) is 30.7 Å². The van der Waals surface area contributed by atoms with E-state index in [0.717, 1.165) is 47.8 Å². The van der Waals surface area contributed by atoms with E-state index in [-0.39, 0.29) is 48.4 Å². The Morgan fingerprint density at radius 3 is 2.31 bits per heavy atom. The van der Waals surface area contributed by atoms with Crippen molar-refractivity contribution in [1.82, 2.24) is 9.80 Å². The van der Waals surface area contributed by atoms with Crippen LogP contribution < -0.4 is 4.90 Å². The number of rotatable bonds is 8. The van der Waals surface area contributed by atoms with Crippen LogP contribution in [0.4, 0.5) is 10.1 Å². The van der Waals surface area contributed by atoms with E-state index in [1.165, 1.54) is 37.6 Å². The first-order valence-corrected chi connectivity index (χ1v) is 13.9. The maximum atomic E-state index is 14.3. The van der Waals surface area contributed by atoms with Crippen LogP contribution in [0.2, 0.25) is 0 Å². The van der Waals surface area contributed by atoms with E-state index in [2.05, 4.69) is 62.0 Å². The number of carbonyl (C=O) groups is 1. The van der Waals surface area contributed by atoms with Gasteiger partial charge >= 0.3 is 0 Å². The summed E-state index contributed by atoms with van der Waals surface area (Å²) in [6, 6.07) is 12.1. The van der Waals surface area contributed by atoms with Crippen molar-refractivity contribution in [2.75, 3.05) is 45.2 Å². The monoisotopic (exact) mass is 577 g/mol. The lowest BCUT2D eigenvalue weighted by atomic mass is 9.84. The quantitative estimate of drug-likeness (QED) is 0.339. The number of halogens is 3. The molecule has 2 atom stereocenters. The molecule has 4 rings (SSSR count). The number of hydrogen-bond acceptors (Lipinski definition) is 3. The predicted octanol–water partition coefficient (Wildman–Crippen LogP) is 6.95. The Bertz CT molecular complexity index is 1090. The highest BCUT2D eigenvalue weighted by molar-refractivity contribution is 5.97. The summed E-state index contributed by atoms with van der Waals surface area (Å²) < 4.78 is 14.3. The van der Waals surface area contributed by atoms with Crippen LogP contribution in [0.3, 0.4) is 0 Å². The van der Waals surface area contributed by atoms with Crippen LogP contribution in [0.15, 0.2) is 42.5 Å². The number of hydrogen-bond donors (Lipinski definition) is 0. The summed E-state index contributed by atoms with van der Waals surface area (Å²) in [6.45, 7) is 10.3. The van der Waals surface area contributed by atoms with Crippen LogP contribution in [-0.2, 0) is 11.2 Å². The number of amides is 1. The molecule has 1 amide bonds. The SMILES string of the molecule is Cc1cc(/C=C/CCN2CCC(N(C)C)CC2)cc(C)c1N1C[C@@H](Cc2ccccc2F)C[C@@H](C)C1=O.Cl.Cl. The van der Waals surface area contributed by atoms with E-state index in [1.807, 2.05) is 24.0 Å². The topological polar surface area (TPSA) is 26.8 Å². The minimum Gasteiger partial charge on any atom is -0.311 e. The number of anilines is 1. The van der Waals surface area contributed by atoms with Gasteiger partial charge in [0.15, 0.2) is 0 Å². The summed E-state index contributed by atoms with van der Waals surface area (Å²) in [4.78, 5) is 20.1. The third kappa shape index (κ3) is 8.53. The molecule has 2 aliphatic heterocycles. The average Bonchev–Trinajstić information content (AvgIpc) is 2.86. The number of aryl methyl sites for hydroxylation is 2. The molecule has 2 aromatic carbocycles. The number of piperidine rings is 2. The standard InChI is InChI=1S/C32H44FN3O.2ClH/c1-23-18-26(10-8-9-15-35-16-13-29(14-17-35)34(4)5)19-24(2)31(23)36-22-27(20-25(3)32(36)37)21-28-11-6-7-12-30(28)33;;/h6-8,10-12,18-19,25,27,29H,9,13-17,20-22H2,1-5H3;2*1H/b10-8+;;/t25-,27-;;/m1../s1. The summed E-state index contributed by atoms with van der Waals surface area (Å²) in [5, 5.41) is 0. The average molecular weight is 579 g/mol. The minimum atomic E-state index is -0.153. The molecule has 2 saturated heterocycles. The van der Waals surface area contributed by atoms with Gasteiger partial charge in [-0.25, -0.2) is 4.39 Å². The van der Waals surface area contributed by atoms with Crippen LogP contribution in [-0.4, -0.2) is 62.0 Å². The molecule has 39 heavy (non-hydrogen) atoms. The second-order valence-electron chi connectivity index (χ2n) is 11.5. The van der Waals surface area contributed by atoms with E-state index in [9.17, 15) is 9.18 Å². The van der Waals surface area contributed by atoms with Crippen molar-refractivity contribution in [3.63, 3.8) is 0 Å². The zero-order valence-electron chi connectivity index (χ0n) is 24.2. The Hall–Kier alpha value is -1.92. The van der Waals surface area contributed by atoms with Crippen molar-refractivity contribution in [3.05, 3.63) is 70.5 Å². The number of benzene rings is 2. The number of likely N-dealkylation sites (tertiary alicyclic amines) is 1. The molecule has 0 aromatic heterocycles. The van der Waals surface area contributed by atoms with Gasteiger partial charge in [-0.15, -0.1) is 24.8 Å². The lowest BCUT2D eigenvalue weighted by Crippen LogP contribution is -2.46. The molecule has 0 spiro atoms. The molecular weight excluding hydrogens is 532 g/mol. The van der Waals surface area contributed by atoms with Gasteiger partial charge in [-0.2, -0.15) is 0 Å². The van der Waals surface area contributed by atoms with Crippen LogP contribution in [0.5, 0.6) is 0 Å². The Kier molecular flexibility index (Phi) is 13.0. The molecule has 0 bridgehead atoms. The van der Waals surface area contributed by atoms with Gasteiger partial charge in [-0.05, 0) is 120 Å². The smallest absolute Gasteiger partial charge is 0.229 e. The summed E-state index contributed by atoms with van der Waals surface area (Å²) >= 11 is 0. The fourth-order valence-corrected chi connectivity index (χ4v) is 6.26. The number of carbonyl (C=O) groups excluding carboxylic acids is 1. The maximum Gasteiger partial charge on any atom is 0.229 e. The summed E-state index contributed by atoms with van der Waals surface area (Å²) in [5.74, 6) is 0.204. The molecule has 0 unspecified atom stereocenters. The molecule has 0 aliphatic carbocycles. The van der Waals surface area contributed by atoms with Gasteiger partial charge in [0.1, 0.15) is 5.82 Å². The Morgan fingerprint density at radius 1 is 1.05 bits per heavy atom. The van der Waals surface area contributed by atoms with E-state index < -0.39 is 0 Å². The molecule has 0 N–H and O–H groups in total. The van der Waals surface area contributed by atoms with Crippen LogP contribution in [0, 0.1) is 31.5 Å². The molecule has 216 valence electrons. The van der Waals surface area contributed by atoms with Crippen LogP contribution in [0.1, 0.15) is 54.9 Å². The first-order valence-electron chi connectivity index (χ1n) is 13.9. The highest BCUT2D eigenvalue weighted by atomic mass is 35.5. The fourth-order valence-electron chi connectivity index (χ4n) is 6.26. The Balaban J connectivity index is 0.00000267. The van der Waals surface area contributed by atoms with E-state index in [1.54, 1.807) is 6.07 Å². The van der Waals surface area contributed by atoms with Gasteiger partial charge < -0.3 is 14.7 Å². The second kappa shape index (κ2) is 15.2. The van der Waals surface area contributed by atoms with Gasteiger partial charge in [-0.3, -0.25) is 4.79 Å². The predicted molar refractivity (Wildman–Crippen MR) is 167 cm³/mol. The highest BCUT2D eigenvalue weighted by Gasteiger charge is 2.34. The van der Waals surface area contributed by atoms with Crippen molar-refractivity contribution in [2.45, 2.75) is 58.9 Å². The normalized spacial score (nSPS) is 20.8. The molecule has 0 saturated carbocycles. The first kappa shape index (κ1) is 33.3. The fraction of sp³-hybridized carbons (Fsp3) is 0.531. The maximum absolute atomic E-state index is 14.3. The lowest BCUT2D eigenvalue weighted by Gasteiger charge is -2.38. The molecule has 4 nitrogen and oxygen atoms in total. The van der Waals surface area contributed by atoms with E-state index in [4.69, 9.17) is 0 Å². The first-order chi connectivity index (χ1) is 17.7. The zero-order valence-corrected chi connectivity index (χ0v) is 25.8. The van der Waals surface area contributed by atoms with Gasteiger partial charge in [0.2, 0.25) is 5.91 Å². The van der Waals surface area contributed by atoms with Crippen molar-refractivity contribution in [2.24, 2.45) is 11.8 Å². The summed E-state index contributed by atoms with van der Waals surface area (Å²) in [6.07, 6.45) is 9.52. The molecule has 2 aromatic rings. The zero-order chi connectivity index (χ0) is 26.5. The van der Waals surface area contributed by atoms with Gasteiger partial charge in [0.25, 0.3) is 0 Å². The Labute approximate surface area is 247 Å². The van der Waals surface area contributed by atoms with Crippen molar-refractivity contribution < 1.29 is 9.18 Å². The molecule has 0 radical (unpaired) electrons.